The quantitative estimate of drug-likeness (QED) is 0.238. The first kappa shape index (κ1) is 22.3. The molecule has 0 saturated heterocycles. The lowest BCUT2D eigenvalue weighted by Crippen LogP contribution is -2.04. The highest BCUT2D eigenvalue weighted by atomic mass is 32.2. The fourth-order valence-electron chi connectivity index (χ4n) is 3.42. The van der Waals surface area contributed by atoms with E-state index in [1.54, 1.807) is 35.5 Å². The largest absolute Gasteiger partial charge is 0.486 e. The SMILES string of the molecule is Cc1ccc(OCc2nc(CSc3nnc(-c4ccncc4)n3Cc3ccccc3)cs2)cc1. The van der Waals surface area contributed by atoms with Crippen molar-refractivity contribution in [3.63, 3.8) is 0 Å². The van der Waals surface area contributed by atoms with Crippen molar-refractivity contribution in [2.75, 3.05) is 0 Å². The highest BCUT2D eigenvalue weighted by Crippen LogP contribution is 2.28. The molecule has 0 atom stereocenters. The Morgan fingerprint density at radius 2 is 1.74 bits per heavy atom. The maximum Gasteiger partial charge on any atom is 0.192 e. The zero-order valence-corrected chi connectivity index (χ0v) is 20.3. The minimum absolute atomic E-state index is 0.467. The highest BCUT2D eigenvalue weighted by Gasteiger charge is 2.16. The second kappa shape index (κ2) is 10.6. The molecule has 0 N–H and O–H groups in total. The highest BCUT2D eigenvalue weighted by molar-refractivity contribution is 7.98. The van der Waals surface area contributed by atoms with Gasteiger partial charge in [0.1, 0.15) is 17.4 Å². The zero-order chi connectivity index (χ0) is 23.2. The molecule has 0 radical (unpaired) electrons. The number of benzene rings is 2. The van der Waals surface area contributed by atoms with Crippen molar-refractivity contribution in [3.8, 4) is 17.1 Å². The summed E-state index contributed by atoms with van der Waals surface area (Å²) in [7, 11) is 0. The van der Waals surface area contributed by atoms with Gasteiger partial charge in [-0.15, -0.1) is 21.5 Å². The van der Waals surface area contributed by atoms with Crippen molar-refractivity contribution < 1.29 is 4.74 Å². The summed E-state index contributed by atoms with van der Waals surface area (Å²) in [6, 6.07) is 22.3. The third kappa shape index (κ3) is 5.52. The molecule has 0 aliphatic heterocycles. The van der Waals surface area contributed by atoms with E-state index in [2.05, 4.69) is 44.2 Å². The van der Waals surface area contributed by atoms with E-state index in [-0.39, 0.29) is 0 Å². The first-order valence-corrected chi connectivity index (χ1v) is 12.7. The summed E-state index contributed by atoms with van der Waals surface area (Å²) in [4.78, 5) is 8.87. The Kier molecular flexibility index (Phi) is 6.97. The van der Waals surface area contributed by atoms with E-state index < -0.39 is 0 Å². The Morgan fingerprint density at radius 3 is 2.53 bits per heavy atom. The Bertz CT molecular complexity index is 1330. The van der Waals surface area contributed by atoms with Crippen LogP contribution in [-0.2, 0) is 18.9 Å². The molecule has 34 heavy (non-hydrogen) atoms. The van der Waals surface area contributed by atoms with Crippen molar-refractivity contribution in [2.24, 2.45) is 0 Å². The Labute approximate surface area is 206 Å². The standard InChI is InChI=1S/C26H23N5OS2/c1-19-7-9-23(10-8-19)32-16-24-28-22(17-33-24)18-34-26-30-29-25(21-11-13-27-14-12-21)31(26)15-20-5-3-2-4-6-20/h2-14,17H,15-16,18H2,1H3. The third-order valence-corrected chi connectivity index (χ3v) is 7.04. The number of hydrogen-bond donors (Lipinski definition) is 0. The zero-order valence-electron chi connectivity index (χ0n) is 18.7. The van der Waals surface area contributed by atoms with Gasteiger partial charge in [0, 0.05) is 29.1 Å². The van der Waals surface area contributed by atoms with Crippen LogP contribution in [0.3, 0.4) is 0 Å². The molecule has 5 rings (SSSR count). The summed E-state index contributed by atoms with van der Waals surface area (Å²) in [5.74, 6) is 2.40. The van der Waals surface area contributed by atoms with Crippen LogP contribution in [-0.4, -0.2) is 24.7 Å². The smallest absolute Gasteiger partial charge is 0.192 e. The van der Waals surface area contributed by atoms with Gasteiger partial charge in [-0.1, -0.05) is 59.8 Å². The molecule has 0 fully saturated rings. The molecule has 0 aliphatic rings. The van der Waals surface area contributed by atoms with E-state index in [0.29, 0.717) is 18.9 Å². The van der Waals surface area contributed by atoms with Gasteiger partial charge in [-0.2, -0.15) is 0 Å². The lowest BCUT2D eigenvalue weighted by Gasteiger charge is -2.10. The summed E-state index contributed by atoms with van der Waals surface area (Å²) in [5, 5.41) is 12.9. The monoisotopic (exact) mass is 485 g/mol. The summed E-state index contributed by atoms with van der Waals surface area (Å²) in [6.07, 6.45) is 3.55. The summed E-state index contributed by atoms with van der Waals surface area (Å²) < 4.78 is 8.03. The number of pyridine rings is 1. The number of nitrogens with zero attached hydrogens (tertiary/aromatic N) is 5. The maximum absolute atomic E-state index is 5.87. The number of thioether (sulfide) groups is 1. The molecule has 0 unspecified atom stereocenters. The molecule has 0 aliphatic carbocycles. The second-order valence-electron chi connectivity index (χ2n) is 7.74. The Hall–Kier alpha value is -3.49. The molecule has 3 aromatic heterocycles. The first-order chi connectivity index (χ1) is 16.7. The predicted molar refractivity (Wildman–Crippen MR) is 136 cm³/mol. The molecule has 0 amide bonds. The summed E-state index contributed by atoms with van der Waals surface area (Å²) >= 11 is 3.26. The molecule has 0 saturated carbocycles. The van der Waals surface area contributed by atoms with Crippen LogP contribution in [0.15, 0.2) is 89.7 Å². The van der Waals surface area contributed by atoms with Crippen LogP contribution < -0.4 is 4.74 Å². The lowest BCUT2D eigenvalue weighted by molar-refractivity contribution is 0.305. The van der Waals surface area contributed by atoms with E-state index in [1.165, 1.54) is 11.1 Å². The van der Waals surface area contributed by atoms with Crippen molar-refractivity contribution >= 4 is 23.1 Å². The fraction of sp³-hybridized carbons (Fsp3) is 0.154. The first-order valence-electron chi connectivity index (χ1n) is 10.9. The third-order valence-electron chi connectivity index (χ3n) is 5.17. The van der Waals surface area contributed by atoms with E-state index in [0.717, 1.165) is 33.0 Å². The van der Waals surface area contributed by atoms with Crippen LogP contribution in [0.2, 0.25) is 0 Å². The number of ether oxygens (including phenoxy) is 1. The van der Waals surface area contributed by atoms with Crippen LogP contribution in [0.25, 0.3) is 11.4 Å². The molecular formula is C26H23N5OS2. The van der Waals surface area contributed by atoms with Crippen molar-refractivity contribution in [1.82, 2.24) is 24.7 Å². The predicted octanol–water partition coefficient (Wildman–Crippen LogP) is 6.02. The van der Waals surface area contributed by atoms with E-state index >= 15 is 0 Å². The number of aromatic nitrogens is 5. The van der Waals surface area contributed by atoms with Crippen molar-refractivity contribution in [1.29, 1.82) is 0 Å². The fourth-order valence-corrected chi connectivity index (χ4v) is 5.06. The van der Waals surface area contributed by atoms with E-state index in [4.69, 9.17) is 9.72 Å². The Balaban J connectivity index is 1.29. The number of hydrogen-bond acceptors (Lipinski definition) is 7. The topological polar surface area (TPSA) is 65.7 Å². The van der Waals surface area contributed by atoms with Crippen LogP contribution in [0.5, 0.6) is 5.75 Å². The molecule has 8 heteroatoms. The second-order valence-corrected chi connectivity index (χ2v) is 9.62. The van der Waals surface area contributed by atoms with Gasteiger partial charge in [-0.25, -0.2) is 4.98 Å². The number of rotatable bonds is 9. The number of aryl methyl sites for hydroxylation is 1. The minimum Gasteiger partial charge on any atom is -0.486 e. The average molecular weight is 486 g/mol. The summed E-state index contributed by atoms with van der Waals surface area (Å²) in [5.41, 5.74) is 4.42. The molecule has 0 bridgehead atoms. The van der Waals surface area contributed by atoms with E-state index in [9.17, 15) is 0 Å². The van der Waals surface area contributed by atoms with Gasteiger partial charge in [0.15, 0.2) is 11.0 Å². The van der Waals surface area contributed by atoms with Crippen LogP contribution in [0.4, 0.5) is 0 Å². The molecule has 170 valence electrons. The van der Waals surface area contributed by atoms with Crippen LogP contribution >= 0.6 is 23.1 Å². The van der Waals surface area contributed by atoms with Crippen LogP contribution in [0.1, 0.15) is 21.8 Å². The van der Waals surface area contributed by atoms with Gasteiger partial charge in [0.2, 0.25) is 0 Å². The van der Waals surface area contributed by atoms with Crippen LogP contribution in [0, 0.1) is 6.92 Å². The van der Waals surface area contributed by atoms with Gasteiger partial charge in [-0.05, 0) is 36.8 Å². The van der Waals surface area contributed by atoms with Crippen molar-refractivity contribution in [2.45, 2.75) is 31.0 Å². The summed E-state index contributed by atoms with van der Waals surface area (Å²) in [6.45, 7) is 3.23. The minimum atomic E-state index is 0.467. The van der Waals surface area contributed by atoms with Gasteiger partial charge in [0.05, 0.1) is 12.2 Å². The van der Waals surface area contributed by atoms with Gasteiger partial charge < -0.3 is 4.74 Å². The lowest BCUT2D eigenvalue weighted by atomic mass is 10.2. The molecule has 3 heterocycles. The molecule has 6 nitrogen and oxygen atoms in total. The molecule has 0 spiro atoms. The molecule has 5 aromatic rings. The van der Waals surface area contributed by atoms with Crippen molar-refractivity contribution in [3.05, 3.63) is 106 Å². The van der Waals surface area contributed by atoms with Gasteiger partial charge in [-0.3, -0.25) is 9.55 Å². The van der Waals surface area contributed by atoms with Gasteiger partial charge >= 0.3 is 0 Å². The normalized spacial score (nSPS) is 11.0. The Morgan fingerprint density at radius 1 is 0.941 bits per heavy atom. The maximum atomic E-state index is 5.87. The van der Waals surface area contributed by atoms with Gasteiger partial charge in [0.25, 0.3) is 0 Å². The molecular weight excluding hydrogens is 462 g/mol. The average Bonchev–Trinajstić information content (AvgIpc) is 3.50. The van der Waals surface area contributed by atoms with E-state index in [1.807, 2.05) is 54.6 Å². The molecule has 2 aromatic carbocycles. The number of thiazole rings is 1.